The molecular formula is C17H21F2NO. The average Bonchev–Trinajstić information content (AvgIpc) is 2.47. The molecule has 1 aromatic carbocycles. The molecule has 1 aliphatic rings. The zero-order valence-corrected chi connectivity index (χ0v) is 12.4. The van der Waals surface area contributed by atoms with Crippen molar-refractivity contribution in [1.82, 2.24) is 0 Å². The van der Waals surface area contributed by atoms with Gasteiger partial charge in [0.05, 0.1) is 17.6 Å². The summed E-state index contributed by atoms with van der Waals surface area (Å²) in [6.07, 6.45) is -0.691. The van der Waals surface area contributed by atoms with Crippen molar-refractivity contribution in [1.29, 1.82) is 5.26 Å². The first kappa shape index (κ1) is 15.9. The van der Waals surface area contributed by atoms with Crippen LogP contribution < -0.4 is 0 Å². The van der Waals surface area contributed by atoms with Gasteiger partial charge in [-0.3, -0.25) is 0 Å². The summed E-state index contributed by atoms with van der Waals surface area (Å²) in [5, 5.41) is 20.2. The quantitative estimate of drug-likeness (QED) is 0.872. The van der Waals surface area contributed by atoms with Gasteiger partial charge < -0.3 is 5.11 Å². The summed E-state index contributed by atoms with van der Waals surface area (Å²) in [4.78, 5) is 0. The van der Waals surface area contributed by atoms with E-state index in [1.165, 1.54) is 18.2 Å². The lowest BCUT2D eigenvalue weighted by Gasteiger charge is -2.42. The van der Waals surface area contributed by atoms with Gasteiger partial charge in [0.15, 0.2) is 0 Å². The Labute approximate surface area is 124 Å². The second kappa shape index (κ2) is 5.73. The molecule has 4 heteroatoms. The number of benzene rings is 1. The number of halogens is 2. The van der Waals surface area contributed by atoms with E-state index in [-0.39, 0.29) is 11.0 Å². The molecule has 114 valence electrons. The molecule has 0 aromatic heterocycles. The Morgan fingerprint density at radius 2 is 1.71 bits per heavy atom. The van der Waals surface area contributed by atoms with Crippen LogP contribution in [0.2, 0.25) is 0 Å². The Balaban J connectivity index is 2.27. The van der Waals surface area contributed by atoms with Gasteiger partial charge in [-0.05, 0) is 42.7 Å². The predicted molar refractivity (Wildman–Crippen MR) is 76.7 cm³/mol. The Bertz CT molecular complexity index is 538. The maximum absolute atomic E-state index is 12.8. The van der Waals surface area contributed by atoms with Gasteiger partial charge in [-0.2, -0.15) is 5.26 Å². The van der Waals surface area contributed by atoms with Crippen LogP contribution in [0.3, 0.4) is 0 Å². The molecule has 1 atom stereocenters. The van der Waals surface area contributed by atoms with Gasteiger partial charge in [-0.25, -0.2) is 8.78 Å². The Hall–Kier alpha value is -1.47. The van der Waals surface area contributed by atoms with E-state index < -0.39 is 17.9 Å². The predicted octanol–water partition coefficient (Wildman–Crippen LogP) is 4.77. The summed E-state index contributed by atoms with van der Waals surface area (Å²) in [5.74, 6) is 0. The number of aliphatic hydroxyl groups is 1. The van der Waals surface area contributed by atoms with Crippen molar-refractivity contribution < 1.29 is 13.9 Å². The number of rotatable bonds is 3. The maximum Gasteiger partial charge on any atom is 0.263 e. The fourth-order valence-electron chi connectivity index (χ4n) is 3.00. The molecule has 0 bridgehead atoms. The molecule has 1 fully saturated rings. The number of aliphatic hydroxyl groups excluding tert-OH is 1. The normalized spacial score (nSPS) is 21.8. The van der Waals surface area contributed by atoms with Crippen molar-refractivity contribution >= 4 is 0 Å². The van der Waals surface area contributed by atoms with Crippen LogP contribution >= 0.6 is 0 Å². The molecular weight excluding hydrogens is 272 g/mol. The molecule has 21 heavy (non-hydrogen) atoms. The van der Waals surface area contributed by atoms with Gasteiger partial charge in [0.25, 0.3) is 6.43 Å². The van der Waals surface area contributed by atoms with E-state index in [2.05, 4.69) is 19.9 Å². The van der Waals surface area contributed by atoms with Crippen molar-refractivity contribution in [2.75, 3.05) is 0 Å². The summed E-state index contributed by atoms with van der Waals surface area (Å²) >= 11 is 0. The minimum atomic E-state index is -2.57. The molecule has 0 radical (unpaired) electrons. The van der Waals surface area contributed by atoms with E-state index in [0.29, 0.717) is 18.4 Å². The van der Waals surface area contributed by atoms with Crippen LogP contribution in [0.4, 0.5) is 8.78 Å². The summed E-state index contributed by atoms with van der Waals surface area (Å²) < 4.78 is 25.6. The Morgan fingerprint density at radius 1 is 1.14 bits per heavy atom. The molecule has 0 spiro atoms. The zero-order valence-electron chi connectivity index (χ0n) is 12.4. The lowest BCUT2D eigenvalue weighted by atomic mass is 9.62. The maximum atomic E-state index is 12.8. The highest BCUT2D eigenvalue weighted by molar-refractivity contribution is 5.29. The Morgan fingerprint density at radius 3 is 2.24 bits per heavy atom. The number of nitrogens with zero attached hydrogens (tertiary/aromatic N) is 1. The zero-order chi connectivity index (χ0) is 15.7. The minimum absolute atomic E-state index is 0.115. The third-order valence-corrected chi connectivity index (χ3v) is 4.72. The van der Waals surface area contributed by atoms with E-state index in [1.807, 2.05) is 0 Å². The number of hydrogen-bond donors (Lipinski definition) is 1. The van der Waals surface area contributed by atoms with Crippen LogP contribution in [0, 0.1) is 22.2 Å². The molecule has 2 rings (SSSR count). The van der Waals surface area contributed by atoms with Crippen LogP contribution in [0.1, 0.15) is 63.2 Å². The van der Waals surface area contributed by atoms with Crippen molar-refractivity contribution in [2.24, 2.45) is 10.8 Å². The summed E-state index contributed by atoms with van der Waals surface area (Å²) in [6.45, 7) is 4.30. The highest BCUT2D eigenvalue weighted by Crippen LogP contribution is 2.51. The van der Waals surface area contributed by atoms with Gasteiger partial charge in [-0.1, -0.05) is 32.0 Å². The minimum Gasteiger partial charge on any atom is -0.387 e. The van der Waals surface area contributed by atoms with E-state index in [9.17, 15) is 19.1 Å². The van der Waals surface area contributed by atoms with Gasteiger partial charge >= 0.3 is 0 Å². The van der Waals surface area contributed by atoms with Crippen LogP contribution in [0.5, 0.6) is 0 Å². The third-order valence-electron chi connectivity index (χ3n) is 4.72. The molecule has 0 heterocycles. The highest BCUT2D eigenvalue weighted by atomic mass is 19.3. The van der Waals surface area contributed by atoms with Crippen molar-refractivity contribution in [3.63, 3.8) is 0 Å². The van der Waals surface area contributed by atoms with Gasteiger partial charge in [0.2, 0.25) is 0 Å². The standard InChI is InChI=1S/C17H21F2NO/c1-16(2)6-8-17(11-20,9-7-16)14(21)12-4-3-5-13(10-12)15(18)19/h3-5,10,14-15,21H,6-9H2,1-2H3. The van der Waals surface area contributed by atoms with E-state index in [1.54, 1.807) is 6.07 Å². The molecule has 1 saturated carbocycles. The molecule has 1 N–H and O–H groups in total. The lowest BCUT2D eigenvalue weighted by molar-refractivity contribution is 0.00937. The number of nitriles is 1. The van der Waals surface area contributed by atoms with E-state index >= 15 is 0 Å². The van der Waals surface area contributed by atoms with Crippen molar-refractivity contribution in [2.45, 2.75) is 52.1 Å². The van der Waals surface area contributed by atoms with Crippen LogP contribution in [0.25, 0.3) is 0 Å². The van der Waals surface area contributed by atoms with Crippen molar-refractivity contribution in [3.8, 4) is 6.07 Å². The smallest absolute Gasteiger partial charge is 0.263 e. The molecule has 0 aliphatic heterocycles. The first-order chi connectivity index (χ1) is 9.80. The molecule has 1 aliphatic carbocycles. The van der Waals surface area contributed by atoms with Crippen LogP contribution in [0.15, 0.2) is 24.3 Å². The van der Waals surface area contributed by atoms with Gasteiger partial charge in [0, 0.05) is 5.56 Å². The first-order valence-corrected chi connectivity index (χ1v) is 7.27. The Kier molecular flexibility index (Phi) is 4.34. The lowest BCUT2D eigenvalue weighted by Crippen LogP contribution is -2.35. The molecule has 0 amide bonds. The van der Waals surface area contributed by atoms with E-state index in [4.69, 9.17) is 0 Å². The monoisotopic (exact) mass is 293 g/mol. The van der Waals surface area contributed by atoms with Gasteiger partial charge in [0.1, 0.15) is 0 Å². The molecule has 2 nitrogen and oxygen atoms in total. The first-order valence-electron chi connectivity index (χ1n) is 7.27. The molecule has 0 saturated heterocycles. The summed E-state index contributed by atoms with van der Waals surface area (Å²) in [6, 6.07) is 8.05. The summed E-state index contributed by atoms with van der Waals surface area (Å²) in [5.41, 5.74) is -0.397. The fourth-order valence-corrected chi connectivity index (χ4v) is 3.00. The number of hydrogen-bond acceptors (Lipinski definition) is 2. The number of alkyl halides is 2. The SMILES string of the molecule is CC1(C)CCC(C#N)(C(O)c2cccc(C(F)F)c2)CC1. The molecule has 1 unspecified atom stereocenters. The van der Waals surface area contributed by atoms with Crippen molar-refractivity contribution in [3.05, 3.63) is 35.4 Å². The third kappa shape index (κ3) is 3.24. The second-order valence-electron chi connectivity index (χ2n) is 6.81. The molecule has 1 aromatic rings. The van der Waals surface area contributed by atoms with Crippen LogP contribution in [-0.2, 0) is 0 Å². The van der Waals surface area contributed by atoms with Gasteiger partial charge in [-0.15, -0.1) is 0 Å². The highest BCUT2D eigenvalue weighted by Gasteiger charge is 2.44. The van der Waals surface area contributed by atoms with E-state index in [0.717, 1.165) is 12.8 Å². The topological polar surface area (TPSA) is 44.0 Å². The largest absolute Gasteiger partial charge is 0.387 e. The fraction of sp³-hybridized carbons (Fsp3) is 0.588. The average molecular weight is 293 g/mol. The second-order valence-corrected chi connectivity index (χ2v) is 6.81. The summed E-state index contributed by atoms with van der Waals surface area (Å²) in [7, 11) is 0. The van der Waals surface area contributed by atoms with Crippen LogP contribution in [-0.4, -0.2) is 5.11 Å².